The van der Waals surface area contributed by atoms with Crippen LogP contribution in [0.5, 0.6) is 0 Å². The molecule has 0 aliphatic rings. The summed E-state index contributed by atoms with van der Waals surface area (Å²) >= 11 is 0. The van der Waals surface area contributed by atoms with Crippen LogP contribution in [-0.4, -0.2) is 0 Å². The minimum Gasteiger partial charge on any atom is -0.0799 e. The molecule has 0 fully saturated rings. The fourth-order valence-electron chi connectivity index (χ4n) is 1.49. The fraction of sp³-hybridized carbons (Fsp3) is 0.846. The molecule has 0 nitrogen and oxygen atoms in total. The largest absolute Gasteiger partial charge is 0.0799 e. The Kier molecular flexibility index (Phi) is 9.77. The van der Waals surface area contributed by atoms with Crippen LogP contribution in [0.15, 0.2) is 11.6 Å². The average molecular weight is 184 g/mol. The Bertz CT molecular complexity index is 129. The van der Waals surface area contributed by atoms with Gasteiger partial charge in [0.15, 0.2) is 0 Å². The smallest absolute Gasteiger partial charge is 0.0172 e. The summed E-state index contributed by atoms with van der Waals surface area (Å²) in [5.74, 6) is 0. The normalized spacial score (nSPS) is 12.1. The highest BCUT2D eigenvalue weighted by Crippen LogP contribution is 2.25. The van der Waals surface area contributed by atoms with Crippen LogP contribution in [0.4, 0.5) is 0 Å². The molecule has 0 heteroatoms. The second-order valence-corrected chi connectivity index (χ2v) is 4.08. The van der Waals surface area contributed by atoms with Gasteiger partial charge in [-0.1, -0.05) is 59.6 Å². The molecule has 0 spiro atoms. The number of rotatable bonds is 4. The summed E-state index contributed by atoms with van der Waals surface area (Å²) in [5.41, 5.74) is 1.93. The van der Waals surface area contributed by atoms with Crippen LogP contribution in [-0.2, 0) is 0 Å². The Morgan fingerprint density at radius 3 is 1.92 bits per heavy atom. The van der Waals surface area contributed by atoms with Gasteiger partial charge in [0.05, 0.1) is 0 Å². The van der Waals surface area contributed by atoms with E-state index >= 15 is 0 Å². The molecule has 0 N–H and O–H groups in total. The summed E-state index contributed by atoms with van der Waals surface area (Å²) in [7, 11) is 0. The molecule has 0 aromatic heterocycles. The summed E-state index contributed by atoms with van der Waals surface area (Å²) in [6.07, 6.45) is 6.18. The second-order valence-electron chi connectivity index (χ2n) is 4.08. The summed E-state index contributed by atoms with van der Waals surface area (Å²) in [6, 6.07) is 0. The molecule has 0 atom stereocenters. The molecule has 0 aliphatic carbocycles. The molecular formula is C13H28. The Labute approximate surface area is 85.4 Å². The molecule has 0 rings (SSSR count). The maximum absolute atomic E-state index is 2.41. The third-order valence-electron chi connectivity index (χ3n) is 2.09. The first-order valence-electron chi connectivity index (χ1n) is 5.70. The maximum Gasteiger partial charge on any atom is -0.0172 e. The van der Waals surface area contributed by atoms with Gasteiger partial charge < -0.3 is 0 Å². The van der Waals surface area contributed by atoms with Crippen molar-refractivity contribution in [1.82, 2.24) is 0 Å². The van der Waals surface area contributed by atoms with Crippen LogP contribution in [0.25, 0.3) is 0 Å². The van der Waals surface area contributed by atoms with Crippen molar-refractivity contribution in [2.45, 2.75) is 67.7 Å². The van der Waals surface area contributed by atoms with Crippen molar-refractivity contribution in [1.29, 1.82) is 0 Å². The molecular weight excluding hydrogens is 156 g/mol. The number of hydrogen-bond donors (Lipinski definition) is 0. The second kappa shape index (κ2) is 8.34. The third kappa shape index (κ3) is 9.66. The van der Waals surface area contributed by atoms with Crippen LogP contribution < -0.4 is 0 Å². The highest BCUT2D eigenvalue weighted by Gasteiger charge is 2.12. The van der Waals surface area contributed by atoms with Gasteiger partial charge in [0.25, 0.3) is 0 Å². The molecule has 80 valence electrons. The van der Waals surface area contributed by atoms with Crippen LogP contribution in [0.3, 0.4) is 0 Å². The highest BCUT2D eigenvalue weighted by molar-refractivity contribution is 5.04. The Morgan fingerprint density at radius 1 is 1.15 bits per heavy atom. The van der Waals surface area contributed by atoms with E-state index in [-0.39, 0.29) is 0 Å². The van der Waals surface area contributed by atoms with Crippen LogP contribution >= 0.6 is 0 Å². The van der Waals surface area contributed by atoms with Gasteiger partial charge in [-0.2, -0.15) is 0 Å². The van der Waals surface area contributed by atoms with Gasteiger partial charge >= 0.3 is 0 Å². The summed E-state index contributed by atoms with van der Waals surface area (Å²) in [4.78, 5) is 0. The van der Waals surface area contributed by atoms with Gasteiger partial charge in [0, 0.05) is 0 Å². The van der Waals surface area contributed by atoms with E-state index in [1.54, 1.807) is 0 Å². The third-order valence-corrected chi connectivity index (χ3v) is 2.09. The first-order chi connectivity index (χ1) is 6.02. The van der Waals surface area contributed by atoms with E-state index in [2.05, 4.69) is 40.7 Å². The Hall–Kier alpha value is -0.260. The predicted octanol–water partition coefficient (Wildman–Crippen LogP) is 5.20. The molecule has 0 unspecified atom stereocenters. The molecule has 0 aromatic rings. The monoisotopic (exact) mass is 184 g/mol. The number of hydrogen-bond acceptors (Lipinski definition) is 0. The lowest BCUT2D eigenvalue weighted by atomic mass is 9.86. The van der Waals surface area contributed by atoms with Crippen LogP contribution in [0, 0.1) is 5.41 Å². The van der Waals surface area contributed by atoms with E-state index in [4.69, 9.17) is 0 Å². The van der Waals surface area contributed by atoms with Gasteiger partial charge in [0.1, 0.15) is 0 Å². The molecule has 0 heterocycles. The van der Waals surface area contributed by atoms with Crippen molar-refractivity contribution in [3.05, 3.63) is 11.6 Å². The molecule has 0 radical (unpaired) electrons. The Balaban J connectivity index is 0. The quantitative estimate of drug-likeness (QED) is 0.527. The Morgan fingerprint density at radius 2 is 1.62 bits per heavy atom. The van der Waals surface area contributed by atoms with Crippen molar-refractivity contribution in [3.8, 4) is 0 Å². The van der Waals surface area contributed by atoms with Crippen LogP contribution in [0.1, 0.15) is 67.7 Å². The highest BCUT2D eigenvalue weighted by atomic mass is 14.2. The van der Waals surface area contributed by atoms with E-state index < -0.39 is 0 Å². The van der Waals surface area contributed by atoms with Crippen molar-refractivity contribution in [2.75, 3.05) is 0 Å². The van der Waals surface area contributed by atoms with Crippen LogP contribution in [0.2, 0.25) is 0 Å². The molecule has 0 aromatic carbocycles. The molecule has 13 heavy (non-hydrogen) atoms. The van der Waals surface area contributed by atoms with E-state index in [9.17, 15) is 0 Å². The van der Waals surface area contributed by atoms with E-state index in [1.807, 2.05) is 13.8 Å². The van der Waals surface area contributed by atoms with Crippen molar-refractivity contribution in [3.63, 3.8) is 0 Å². The lowest BCUT2D eigenvalue weighted by Gasteiger charge is -2.20. The van der Waals surface area contributed by atoms with Gasteiger partial charge in [-0.25, -0.2) is 0 Å². The zero-order valence-electron chi connectivity index (χ0n) is 10.7. The summed E-state index contributed by atoms with van der Waals surface area (Å²) in [6.45, 7) is 15.3. The SMILES string of the molecule is CC.CCCC(C)(C)/C=C(\C)CC. The lowest BCUT2D eigenvalue weighted by molar-refractivity contribution is 0.428. The molecule has 0 bridgehead atoms. The molecule has 0 saturated carbocycles. The first kappa shape index (κ1) is 15.2. The zero-order chi connectivity index (χ0) is 10.9. The van der Waals surface area contributed by atoms with Crippen molar-refractivity contribution >= 4 is 0 Å². The summed E-state index contributed by atoms with van der Waals surface area (Å²) in [5, 5.41) is 0. The topological polar surface area (TPSA) is 0 Å². The minimum absolute atomic E-state index is 0.412. The number of allylic oxidation sites excluding steroid dienone is 2. The molecule has 0 aliphatic heterocycles. The van der Waals surface area contributed by atoms with Gasteiger partial charge in [-0.15, -0.1) is 0 Å². The van der Waals surface area contributed by atoms with Gasteiger partial charge in [-0.3, -0.25) is 0 Å². The zero-order valence-corrected chi connectivity index (χ0v) is 10.7. The van der Waals surface area contributed by atoms with E-state index in [0.29, 0.717) is 5.41 Å². The fourth-order valence-corrected chi connectivity index (χ4v) is 1.49. The standard InChI is InChI=1S/C11H22.C2H6/c1-6-8-11(4,5)9-10(3)7-2;1-2/h9H,6-8H2,1-5H3;1-2H3/b10-9+;. The van der Waals surface area contributed by atoms with E-state index in [1.165, 1.54) is 24.8 Å². The van der Waals surface area contributed by atoms with Gasteiger partial charge in [-0.05, 0) is 25.2 Å². The molecule has 0 amide bonds. The van der Waals surface area contributed by atoms with Crippen molar-refractivity contribution < 1.29 is 0 Å². The minimum atomic E-state index is 0.412. The summed E-state index contributed by atoms with van der Waals surface area (Å²) < 4.78 is 0. The van der Waals surface area contributed by atoms with Crippen molar-refractivity contribution in [2.24, 2.45) is 5.41 Å². The lowest BCUT2D eigenvalue weighted by Crippen LogP contribution is -2.07. The average Bonchev–Trinajstić information content (AvgIpc) is 2.07. The molecule has 0 saturated heterocycles. The van der Waals surface area contributed by atoms with E-state index in [0.717, 1.165) is 0 Å². The maximum atomic E-state index is 2.41. The van der Waals surface area contributed by atoms with Gasteiger partial charge in [0.2, 0.25) is 0 Å². The predicted molar refractivity (Wildman–Crippen MR) is 64.1 cm³/mol. The first-order valence-corrected chi connectivity index (χ1v) is 5.70.